The van der Waals surface area contributed by atoms with E-state index in [0.29, 0.717) is 18.5 Å². The molecule has 2 aliphatic rings. The fourth-order valence-electron chi connectivity index (χ4n) is 3.58. The third-order valence-corrected chi connectivity index (χ3v) is 6.27. The van der Waals surface area contributed by atoms with Crippen molar-refractivity contribution in [3.8, 4) is 12.3 Å². The van der Waals surface area contributed by atoms with Gasteiger partial charge in [0.2, 0.25) is 0 Å². The van der Waals surface area contributed by atoms with Crippen LogP contribution in [-0.2, 0) is 11.3 Å². The van der Waals surface area contributed by atoms with Crippen LogP contribution in [0.25, 0.3) is 0 Å². The molecule has 0 spiro atoms. The number of rotatable bonds is 7. The van der Waals surface area contributed by atoms with E-state index >= 15 is 0 Å². The van der Waals surface area contributed by atoms with Crippen LogP contribution in [0.1, 0.15) is 63.0 Å². The van der Waals surface area contributed by atoms with Crippen molar-refractivity contribution in [2.75, 3.05) is 13.2 Å². The van der Waals surface area contributed by atoms with Crippen LogP contribution in [0.4, 0.5) is 0 Å². The average molecular weight is 403 g/mol. The SMILES string of the molecule is C#C/C(=C\C=C/C)Sc1oc(C2CCOCC2)nc1CNC1CCC(O)CC1. The highest BCUT2D eigenvalue weighted by Gasteiger charge is 2.25. The zero-order chi connectivity index (χ0) is 19.8. The summed E-state index contributed by atoms with van der Waals surface area (Å²) >= 11 is 1.46. The Morgan fingerprint density at radius 3 is 2.71 bits per heavy atom. The monoisotopic (exact) mass is 402 g/mol. The summed E-state index contributed by atoms with van der Waals surface area (Å²) in [5.74, 6) is 3.83. The standard InChI is InChI=1S/C22H30N2O3S/c1-3-5-6-19(4-2)28-22-20(15-23-17-7-9-18(25)10-8-17)24-21(27-22)16-11-13-26-14-12-16/h2-3,5-6,16-18,23,25H,7-15H2,1H3/b5-3-,19-6+. The van der Waals surface area contributed by atoms with Crippen LogP contribution in [0.2, 0.25) is 0 Å². The van der Waals surface area contributed by atoms with Crippen molar-refractivity contribution in [1.82, 2.24) is 10.3 Å². The highest BCUT2D eigenvalue weighted by molar-refractivity contribution is 8.03. The molecule has 1 aromatic rings. The van der Waals surface area contributed by atoms with Crippen LogP contribution >= 0.6 is 11.8 Å². The maximum Gasteiger partial charge on any atom is 0.199 e. The van der Waals surface area contributed by atoms with Gasteiger partial charge in [-0.05, 0) is 63.3 Å². The molecule has 0 aromatic carbocycles. The van der Waals surface area contributed by atoms with Gasteiger partial charge < -0.3 is 19.6 Å². The number of hydrogen-bond donors (Lipinski definition) is 2. The number of nitrogens with zero attached hydrogens (tertiary/aromatic N) is 1. The number of aromatic nitrogens is 1. The van der Waals surface area contributed by atoms with Crippen molar-refractivity contribution in [2.24, 2.45) is 0 Å². The lowest BCUT2D eigenvalue weighted by Crippen LogP contribution is -2.34. The Morgan fingerprint density at radius 1 is 1.29 bits per heavy atom. The van der Waals surface area contributed by atoms with Crippen LogP contribution in [0.5, 0.6) is 0 Å². The molecular formula is C22H30N2O3S. The molecule has 1 saturated heterocycles. The minimum absolute atomic E-state index is 0.147. The maximum atomic E-state index is 9.70. The molecule has 1 aromatic heterocycles. The molecule has 2 fully saturated rings. The van der Waals surface area contributed by atoms with Crippen molar-refractivity contribution in [2.45, 2.75) is 75.1 Å². The lowest BCUT2D eigenvalue weighted by molar-refractivity contribution is 0.0786. The zero-order valence-electron chi connectivity index (χ0n) is 16.5. The number of hydrogen-bond acceptors (Lipinski definition) is 6. The van der Waals surface area contributed by atoms with E-state index in [-0.39, 0.29) is 6.10 Å². The number of allylic oxidation sites excluding steroid dienone is 4. The van der Waals surface area contributed by atoms with E-state index in [2.05, 4.69) is 11.2 Å². The topological polar surface area (TPSA) is 67.5 Å². The largest absolute Gasteiger partial charge is 0.433 e. The van der Waals surface area contributed by atoms with Crippen LogP contribution < -0.4 is 5.32 Å². The van der Waals surface area contributed by atoms with Crippen molar-refractivity contribution in [1.29, 1.82) is 0 Å². The molecule has 0 amide bonds. The van der Waals surface area contributed by atoms with Gasteiger partial charge in [0.05, 0.1) is 11.0 Å². The molecule has 2 N–H and O–H groups in total. The van der Waals surface area contributed by atoms with E-state index in [4.69, 9.17) is 20.6 Å². The highest BCUT2D eigenvalue weighted by atomic mass is 32.2. The minimum Gasteiger partial charge on any atom is -0.433 e. The van der Waals surface area contributed by atoms with Crippen LogP contribution in [0.3, 0.4) is 0 Å². The zero-order valence-corrected chi connectivity index (χ0v) is 17.3. The van der Waals surface area contributed by atoms with Gasteiger partial charge in [0.25, 0.3) is 0 Å². The summed E-state index contributed by atoms with van der Waals surface area (Å²) in [5, 5.41) is 14.1. The van der Waals surface area contributed by atoms with Crippen LogP contribution in [-0.4, -0.2) is 35.5 Å². The number of thioether (sulfide) groups is 1. The molecular weight excluding hydrogens is 372 g/mol. The molecule has 1 saturated carbocycles. The minimum atomic E-state index is -0.147. The predicted molar refractivity (Wildman–Crippen MR) is 112 cm³/mol. The van der Waals surface area contributed by atoms with Gasteiger partial charge in [-0.3, -0.25) is 0 Å². The van der Waals surface area contributed by atoms with Gasteiger partial charge >= 0.3 is 0 Å². The second-order valence-corrected chi connectivity index (χ2v) is 8.38. The smallest absolute Gasteiger partial charge is 0.199 e. The van der Waals surface area contributed by atoms with E-state index in [9.17, 15) is 5.11 Å². The lowest BCUT2D eigenvalue weighted by atomic mass is 9.93. The summed E-state index contributed by atoms with van der Waals surface area (Å²) < 4.78 is 11.6. The Kier molecular flexibility index (Phi) is 8.23. The molecule has 0 radical (unpaired) electrons. The van der Waals surface area contributed by atoms with Gasteiger partial charge in [-0.25, -0.2) is 4.98 Å². The average Bonchev–Trinajstić information content (AvgIpc) is 3.14. The van der Waals surface area contributed by atoms with Crippen molar-refractivity contribution >= 4 is 11.8 Å². The maximum absolute atomic E-state index is 9.70. The number of aliphatic hydroxyl groups is 1. The molecule has 0 bridgehead atoms. The fraction of sp³-hybridized carbons (Fsp3) is 0.591. The summed E-state index contributed by atoms with van der Waals surface area (Å²) in [6.07, 6.45) is 16.9. The molecule has 2 heterocycles. The molecule has 0 unspecified atom stereocenters. The Morgan fingerprint density at radius 2 is 2.04 bits per heavy atom. The first-order valence-corrected chi connectivity index (χ1v) is 11.0. The Balaban J connectivity index is 1.73. The second-order valence-electron chi connectivity index (χ2n) is 7.36. The normalized spacial score (nSPS) is 24.5. The fourth-order valence-corrected chi connectivity index (χ4v) is 4.35. The number of nitrogens with one attached hydrogen (secondary N) is 1. The molecule has 1 aliphatic heterocycles. The van der Waals surface area contributed by atoms with Gasteiger partial charge in [-0.1, -0.05) is 18.1 Å². The third-order valence-electron chi connectivity index (χ3n) is 5.29. The van der Waals surface area contributed by atoms with E-state index in [1.165, 1.54) is 11.8 Å². The molecule has 152 valence electrons. The second kappa shape index (κ2) is 10.9. The van der Waals surface area contributed by atoms with Crippen molar-refractivity contribution in [3.63, 3.8) is 0 Å². The Bertz CT molecular complexity index is 721. The van der Waals surface area contributed by atoms with Gasteiger partial charge in [0.15, 0.2) is 11.0 Å². The number of ether oxygens (including phenoxy) is 1. The summed E-state index contributed by atoms with van der Waals surface area (Å²) in [6, 6.07) is 0.412. The lowest BCUT2D eigenvalue weighted by Gasteiger charge is -2.26. The summed E-state index contributed by atoms with van der Waals surface area (Å²) in [4.78, 5) is 5.63. The van der Waals surface area contributed by atoms with Gasteiger partial charge in [0, 0.05) is 31.7 Å². The first-order valence-electron chi connectivity index (χ1n) is 10.2. The molecule has 0 atom stereocenters. The molecule has 6 heteroatoms. The first-order chi connectivity index (χ1) is 13.7. The van der Waals surface area contributed by atoms with Gasteiger partial charge in [-0.2, -0.15) is 0 Å². The van der Waals surface area contributed by atoms with E-state index in [1.54, 1.807) is 0 Å². The molecule has 3 rings (SSSR count). The quantitative estimate of drug-likeness (QED) is 0.406. The summed E-state index contributed by atoms with van der Waals surface area (Å²) in [6.45, 7) is 4.12. The number of terminal acetylenes is 1. The van der Waals surface area contributed by atoms with Gasteiger partial charge in [-0.15, -0.1) is 6.42 Å². The van der Waals surface area contributed by atoms with E-state index in [0.717, 1.165) is 73.3 Å². The number of aliphatic hydroxyl groups excluding tert-OH is 1. The Labute approximate surface area is 172 Å². The first kappa shape index (κ1) is 21.2. The molecule has 5 nitrogen and oxygen atoms in total. The van der Waals surface area contributed by atoms with Gasteiger partial charge in [0.1, 0.15) is 5.69 Å². The Hall–Kier alpha value is -1.52. The van der Waals surface area contributed by atoms with Crippen molar-refractivity contribution < 1.29 is 14.3 Å². The molecule has 28 heavy (non-hydrogen) atoms. The van der Waals surface area contributed by atoms with Crippen LogP contribution in [0.15, 0.2) is 32.6 Å². The molecule has 1 aliphatic carbocycles. The van der Waals surface area contributed by atoms with E-state index < -0.39 is 0 Å². The summed E-state index contributed by atoms with van der Waals surface area (Å²) in [5.41, 5.74) is 0.916. The summed E-state index contributed by atoms with van der Waals surface area (Å²) in [7, 11) is 0. The van der Waals surface area contributed by atoms with Crippen molar-refractivity contribution in [3.05, 3.63) is 34.7 Å². The number of oxazole rings is 1. The van der Waals surface area contributed by atoms with Crippen LogP contribution in [0, 0.1) is 12.3 Å². The third kappa shape index (κ3) is 5.99. The predicted octanol–water partition coefficient (Wildman–Crippen LogP) is 4.15. The van der Waals surface area contributed by atoms with E-state index in [1.807, 2.05) is 25.2 Å². The highest BCUT2D eigenvalue weighted by Crippen LogP contribution is 2.35.